The molecule has 0 radical (unpaired) electrons. The van der Waals surface area contributed by atoms with Crippen molar-refractivity contribution in [1.82, 2.24) is 10.3 Å². The van der Waals surface area contributed by atoms with Gasteiger partial charge in [-0.15, -0.1) is 0 Å². The van der Waals surface area contributed by atoms with E-state index < -0.39 is 5.41 Å². The number of methoxy groups -OCH3 is 1. The van der Waals surface area contributed by atoms with E-state index in [1.165, 1.54) is 7.11 Å². The van der Waals surface area contributed by atoms with Gasteiger partial charge in [-0.3, -0.25) is 4.79 Å². The molecule has 1 aliphatic heterocycles. The molecule has 22 heavy (non-hydrogen) atoms. The van der Waals surface area contributed by atoms with Crippen LogP contribution in [-0.4, -0.2) is 31.2 Å². The van der Waals surface area contributed by atoms with Gasteiger partial charge in [0.1, 0.15) is 6.61 Å². The van der Waals surface area contributed by atoms with Gasteiger partial charge in [-0.25, -0.2) is 4.98 Å². The molecule has 0 atom stereocenters. The molecule has 5 heteroatoms. The van der Waals surface area contributed by atoms with Crippen molar-refractivity contribution < 1.29 is 14.3 Å². The van der Waals surface area contributed by atoms with Gasteiger partial charge < -0.3 is 14.8 Å². The Morgan fingerprint density at radius 3 is 2.82 bits per heavy atom. The third kappa shape index (κ3) is 3.67. The third-order valence-corrected chi connectivity index (χ3v) is 3.51. The maximum absolute atomic E-state index is 11.6. The van der Waals surface area contributed by atoms with E-state index in [1.54, 1.807) is 20.0 Å². The van der Waals surface area contributed by atoms with Crippen LogP contribution >= 0.6 is 0 Å². The first-order valence-electron chi connectivity index (χ1n) is 7.22. The molecule has 1 N–H and O–H groups in total. The lowest BCUT2D eigenvalue weighted by Gasteiger charge is -2.21. The molecule has 0 fully saturated rings. The highest BCUT2D eigenvalue weighted by molar-refractivity contribution is 5.76. The molecule has 2 heterocycles. The smallest absolute Gasteiger partial charge is 0.314 e. The summed E-state index contributed by atoms with van der Waals surface area (Å²) >= 11 is 0. The van der Waals surface area contributed by atoms with Crippen molar-refractivity contribution in [3.05, 3.63) is 41.7 Å². The van der Waals surface area contributed by atoms with E-state index in [4.69, 9.17) is 9.47 Å². The van der Waals surface area contributed by atoms with Crippen LogP contribution in [0.25, 0.3) is 5.57 Å². The lowest BCUT2D eigenvalue weighted by Crippen LogP contribution is -2.32. The first kappa shape index (κ1) is 16.1. The number of aromatic nitrogens is 1. The average Bonchev–Trinajstić information content (AvgIpc) is 2.53. The molecule has 0 spiro atoms. The van der Waals surface area contributed by atoms with E-state index in [-0.39, 0.29) is 12.6 Å². The fraction of sp³-hybridized carbons (Fsp3) is 0.412. The van der Waals surface area contributed by atoms with Gasteiger partial charge in [0, 0.05) is 30.6 Å². The van der Waals surface area contributed by atoms with Gasteiger partial charge in [-0.1, -0.05) is 12.2 Å². The number of esters is 1. The molecule has 0 amide bonds. The summed E-state index contributed by atoms with van der Waals surface area (Å²) in [5, 5.41) is 3.18. The van der Waals surface area contributed by atoms with Crippen molar-refractivity contribution in [2.24, 2.45) is 5.41 Å². The van der Waals surface area contributed by atoms with E-state index in [2.05, 4.69) is 22.5 Å². The predicted molar refractivity (Wildman–Crippen MR) is 85.4 cm³/mol. The van der Waals surface area contributed by atoms with Crippen LogP contribution < -0.4 is 10.1 Å². The molecular formula is C17H22N2O3. The SMILES string of the molecule is COC(=O)C(C)(C)COc1cc(C)c(C2=CNCC=C2)cn1. The number of nitrogens with zero attached hydrogens (tertiary/aromatic N) is 1. The van der Waals surface area contributed by atoms with E-state index in [9.17, 15) is 4.79 Å². The number of rotatable bonds is 5. The van der Waals surface area contributed by atoms with Crippen LogP contribution in [-0.2, 0) is 9.53 Å². The summed E-state index contributed by atoms with van der Waals surface area (Å²) < 4.78 is 10.4. The van der Waals surface area contributed by atoms with Crippen molar-refractivity contribution in [3.63, 3.8) is 0 Å². The predicted octanol–water partition coefficient (Wildman–Crippen LogP) is 2.47. The summed E-state index contributed by atoms with van der Waals surface area (Å²) in [6.07, 6.45) is 7.91. The summed E-state index contributed by atoms with van der Waals surface area (Å²) in [5.74, 6) is 0.205. The fourth-order valence-corrected chi connectivity index (χ4v) is 2.14. The number of pyridine rings is 1. The lowest BCUT2D eigenvalue weighted by molar-refractivity contribution is -0.152. The topological polar surface area (TPSA) is 60.5 Å². The van der Waals surface area contributed by atoms with Crippen LogP contribution in [0.5, 0.6) is 5.88 Å². The number of nitrogens with one attached hydrogen (secondary N) is 1. The zero-order valence-corrected chi connectivity index (χ0v) is 13.5. The molecule has 0 unspecified atom stereocenters. The van der Waals surface area contributed by atoms with Crippen LogP contribution in [0.4, 0.5) is 0 Å². The van der Waals surface area contributed by atoms with Crippen LogP contribution in [0.15, 0.2) is 30.6 Å². The Kier molecular flexibility index (Phi) is 4.85. The summed E-state index contributed by atoms with van der Waals surface area (Å²) in [4.78, 5) is 16.0. The molecule has 0 saturated carbocycles. The number of carbonyl (C=O) groups excluding carboxylic acids is 1. The minimum Gasteiger partial charge on any atom is -0.476 e. The second kappa shape index (κ2) is 6.64. The fourth-order valence-electron chi connectivity index (χ4n) is 2.14. The molecule has 0 bridgehead atoms. The number of ether oxygens (including phenoxy) is 2. The minimum absolute atomic E-state index is 0.218. The van der Waals surface area contributed by atoms with Gasteiger partial charge >= 0.3 is 5.97 Å². The number of carbonyl (C=O) groups is 1. The second-order valence-corrected chi connectivity index (χ2v) is 5.91. The van der Waals surface area contributed by atoms with Crippen molar-refractivity contribution in [3.8, 4) is 5.88 Å². The number of hydrogen-bond acceptors (Lipinski definition) is 5. The highest BCUT2D eigenvalue weighted by atomic mass is 16.5. The Balaban J connectivity index is 2.08. The molecule has 2 rings (SSSR count). The minimum atomic E-state index is -0.707. The van der Waals surface area contributed by atoms with Crippen molar-refractivity contribution in [1.29, 1.82) is 0 Å². The van der Waals surface area contributed by atoms with Gasteiger partial charge in [-0.05, 0) is 31.9 Å². The summed E-state index contributed by atoms with van der Waals surface area (Å²) in [6, 6.07) is 1.88. The maximum Gasteiger partial charge on any atom is 0.314 e. The van der Waals surface area contributed by atoms with Gasteiger partial charge in [0.2, 0.25) is 5.88 Å². The third-order valence-electron chi connectivity index (χ3n) is 3.51. The van der Waals surface area contributed by atoms with Gasteiger partial charge in [-0.2, -0.15) is 0 Å². The van der Waals surface area contributed by atoms with Crippen molar-refractivity contribution in [2.45, 2.75) is 20.8 Å². The van der Waals surface area contributed by atoms with Crippen molar-refractivity contribution in [2.75, 3.05) is 20.3 Å². The van der Waals surface area contributed by atoms with E-state index >= 15 is 0 Å². The Hall–Kier alpha value is -2.30. The van der Waals surface area contributed by atoms with Gasteiger partial charge in [0.25, 0.3) is 0 Å². The summed E-state index contributed by atoms with van der Waals surface area (Å²) in [7, 11) is 1.38. The Morgan fingerprint density at radius 2 is 2.23 bits per heavy atom. The van der Waals surface area contributed by atoms with E-state index in [1.807, 2.05) is 19.2 Å². The number of dihydropyridines is 1. The molecule has 1 aromatic heterocycles. The first-order valence-corrected chi connectivity index (χ1v) is 7.22. The summed E-state index contributed by atoms with van der Waals surface area (Å²) in [5.41, 5.74) is 2.52. The largest absolute Gasteiger partial charge is 0.476 e. The number of allylic oxidation sites excluding steroid dienone is 2. The lowest BCUT2D eigenvalue weighted by atomic mass is 9.95. The molecule has 1 aliphatic rings. The van der Waals surface area contributed by atoms with Crippen molar-refractivity contribution >= 4 is 11.5 Å². The maximum atomic E-state index is 11.6. The number of hydrogen-bond donors (Lipinski definition) is 1. The molecular weight excluding hydrogens is 280 g/mol. The Labute approximate surface area is 131 Å². The van der Waals surface area contributed by atoms with Crippen LogP contribution in [0.2, 0.25) is 0 Å². The number of aryl methyl sites for hydroxylation is 1. The average molecular weight is 302 g/mol. The zero-order chi connectivity index (χ0) is 16.2. The van der Waals surface area contributed by atoms with E-state index in [0.29, 0.717) is 5.88 Å². The van der Waals surface area contributed by atoms with Crippen LogP contribution in [0.1, 0.15) is 25.0 Å². The molecule has 0 aromatic carbocycles. The van der Waals surface area contributed by atoms with Gasteiger partial charge in [0.05, 0.1) is 12.5 Å². The Bertz CT molecular complexity index is 618. The molecule has 1 aromatic rings. The monoisotopic (exact) mass is 302 g/mol. The first-order chi connectivity index (χ1) is 10.4. The van der Waals surface area contributed by atoms with Gasteiger partial charge in [0.15, 0.2) is 0 Å². The second-order valence-electron chi connectivity index (χ2n) is 5.91. The molecule has 118 valence electrons. The normalized spacial score (nSPS) is 14.1. The standard InChI is InChI=1S/C17H22N2O3/c1-12-8-15(22-11-17(2,3)16(20)21-4)19-10-14(12)13-6-5-7-18-9-13/h5-6,8-10,18H,7,11H2,1-4H3. The molecule has 5 nitrogen and oxygen atoms in total. The van der Waals surface area contributed by atoms with Crippen LogP contribution in [0.3, 0.4) is 0 Å². The quantitative estimate of drug-likeness (QED) is 0.847. The Morgan fingerprint density at radius 1 is 1.45 bits per heavy atom. The van der Waals surface area contributed by atoms with Crippen LogP contribution in [0, 0.1) is 12.3 Å². The van der Waals surface area contributed by atoms with E-state index in [0.717, 1.165) is 23.2 Å². The molecule has 0 saturated heterocycles. The summed E-state index contributed by atoms with van der Waals surface area (Å²) in [6.45, 7) is 6.64. The highest BCUT2D eigenvalue weighted by Gasteiger charge is 2.30. The highest BCUT2D eigenvalue weighted by Crippen LogP contribution is 2.24. The molecule has 0 aliphatic carbocycles. The zero-order valence-electron chi connectivity index (χ0n) is 13.5.